The number of hydrogen-bond acceptors (Lipinski definition) is 4. The Kier molecular flexibility index (Phi) is 5.60. The fourth-order valence-corrected chi connectivity index (χ4v) is 5.27. The van der Waals surface area contributed by atoms with Crippen LogP contribution in [0.3, 0.4) is 0 Å². The summed E-state index contributed by atoms with van der Waals surface area (Å²) in [5, 5.41) is 3.24. The molecule has 1 aliphatic rings. The molecule has 114 valence electrons. The zero-order valence-electron chi connectivity index (χ0n) is 12.2. The van der Waals surface area contributed by atoms with Crippen LogP contribution >= 0.6 is 11.3 Å². The molecule has 1 aromatic heterocycles. The van der Waals surface area contributed by atoms with Crippen molar-refractivity contribution in [3.8, 4) is 0 Å². The lowest BCUT2D eigenvalue weighted by atomic mass is 10.1. The molecule has 1 aromatic rings. The highest BCUT2D eigenvalue weighted by Gasteiger charge is 2.22. The summed E-state index contributed by atoms with van der Waals surface area (Å²) in [6.45, 7) is 6.23. The maximum Gasteiger partial charge on any atom is 0.250 e. The Balaban J connectivity index is 2.00. The second-order valence-corrected chi connectivity index (χ2v) is 8.58. The van der Waals surface area contributed by atoms with E-state index in [9.17, 15) is 8.42 Å². The molecule has 20 heavy (non-hydrogen) atoms. The van der Waals surface area contributed by atoms with Crippen molar-refractivity contribution in [2.75, 3.05) is 13.1 Å². The number of hydrogen-bond donors (Lipinski definition) is 2. The smallest absolute Gasteiger partial charge is 0.250 e. The van der Waals surface area contributed by atoms with Gasteiger partial charge in [-0.15, -0.1) is 11.3 Å². The van der Waals surface area contributed by atoms with Crippen LogP contribution in [-0.4, -0.2) is 21.5 Å². The summed E-state index contributed by atoms with van der Waals surface area (Å²) in [5.74, 6) is 0.520. The van der Waals surface area contributed by atoms with Gasteiger partial charge in [0, 0.05) is 18.0 Å². The Labute approximate surface area is 126 Å². The quantitative estimate of drug-likeness (QED) is 0.813. The molecule has 0 unspecified atom stereocenters. The predicted molar refractivity (Wildman–Crippen MR) is 83.6 cm³/mol. The van der Waals surface area contributed by atoms with Gasteiger partial charge in [-0.25, -0.2) is 13.1 Å². The third-order valence-electron chi connectivity index (χ3n) is 3.84. The number of thiophene rings is 1. The second-order valence-electron chi connectivity index (χ2n) is 5.45. The van der Waals surface area contributed by atoms with E-state index in [0.717, 1.165) is 36.4 Å². The Morgan fingerprint density at radius 2 is 2.05 bits per heavy atom. The van der Waals surface area contributed by atoms with Gasteiger partial charge in [-0.3, -0.25) is 0 Å². The first kappa shape index (κ1) is 15.9. The highest BCUT2D eigenvalue weighted by Crippen LogP contribution is 2.27. The van der Waals surface area contributed by atoms with E-state index in [-0.39, 0.29) is 0 Å². The van der Waals surface area contributed by atoms with Crippen molar-refractivity contribution >= 4 is 21.4 Å². The lowest BCUT2D eigenvalue weighted by Crippen LogP contribution is -2.27. The first-order valence-corrected chi connectivity index (χ1v) is 9.62. The maximum absolute atomic E-state index is 12.3. The first-order valence-electron chi connectivity index (χ1n) is 7.32. The Morgan fingerprint density at radius 3 is 2.70 bits per heavy atom. The summed E-state index contributed by atoms with van der Waals surface area (Å²) in [7, 11) is -3.33. The van der Waals surface area contributed by atoms with Crippen molar-refractivity contribution < 1.29 is 8.42 Å². The predicted octanol–water partition coefficient (Wildman–Crippen LogP) is 2.63. The molecule has 2 rings (SSSR count). The molecular formula is C14H24N2O2S2. The minimum atomic E-state index is -3.33. The fourth-order valence-electron chi connectivity index (χ4n) is 2.55. The molecule has 0 aromatic carbocycles. The monoisotopic (exact) mass is 316 g/mol. The van der Waals surface area contributed by atoms with Crippen LogP contribution in [0.4, 0.5) is 0 Å². The molecule has 0 atom stereocenters. The summed E-state index contributed by atoms with van der Waals surface area (Å²) < 4.78 is 27.8. The molecule has 0 radical (unpaired) electrons. The summed E-state index contributed by atoms with van der Waals surface area (Å²) >= 11 is 1.38. The molecule has 1 heterocycles. The highest BCUT2D eigenvalue weighted by atomic mass is 32.2. The zero-order valence-corrected chi connectivity index (χ0v) is 13.9. The molecule has 0 saturated heterocycles. The van der Waals surface area contributed by atoms with Crippen LogP contribution in [0, 0.1) is 12.8 Å². The Bertz CT molecular complexity index is 531. The molecular weight excluding hydrogens is 292 g/mol. The van der Waals surface area contributed by atoms with E-state index >= 15 is 0 Å². The molecule has 0 spiro atoms. The van der Waals surface area contributed by atoms with Crippen molar-refractivity contribution in [2.45, 2.75) is 50.3 Å². The van der Waals surface area contributed by atoms with Crippen molar-refractivity contribution in [2.24, 2.45) is 5.92 Å². The van der Waals surface area contributed by atoms with Crippen molar-refractivity contribution in [1.29, 1.82) is 0 Å². The van der Waals surface area contributed by atoms with Gasteiger partial charge in [-0.05, 0) is 43.9 Å². The van der Waals surface area contributed by atoms with Gasteiger partial charge in [-0.1, -0.05) is 19.8 Å². The summed E-state index contributed by atoms with van der Waals surface area (Å²) in [6, 6.07) is 1.79. The second kappa shape index (κ2) is 7.02. The van der Waals surface area contributed by atoms with E-state index in [1.54, 1.807) is 6.07 Å². The molecule has 0 aliphatic heterocycles. The standard InChI is InChI=1S/C14H24N2O2S2/c1-3-15-10-13-11(2)8-14(19-13)20(17,18)16-9-12-6-4-5-7-12/h8,12,15-16H,3-7,9-10H2,1-2H3. The first-order chi connectivity index (χ1) is 9.53. The van der Waals surface area contributed by atoms with Gasteiger partial charge in [-0.2, -0.15) is 0 Å². The molecule has 2 N–H and O–H groups in total. The SMILES string of the molecule is CCNCc1sc(S(=O)(=O)NCC2CCCC2)cc1C. The average Bonchev–Trinajstić information content (AvgIpc) is 3.04. The Morgan fingerprint density at radius 1 is 1.35 bits per heavy atom. The largest absolute Gasteiger partial charge is 0.312 e. The number of aryl methyl sites for hydroxylation is 1. The molecule has 1 fully saturated rings. The zero-order chi connectivity index (χ0) is 14.6. The van der Waals surface area contributed by atoms with E-state index in [4.69, 9.17) is 0 Å². The molecule has 1 saturated carbocycles. The van der Waals surface area contributed by atoms with Gasteiger partial charge < -0.3 is 5.32 Å². The van der Waals surface area contributed by atoms with Gasteiger partial charge in [0.15, 0.2) is 0 Å². The van der Waals surface area contributed by atoms with Gasteiger partial charge in [0.25, 0.3) is 0 Å². The van der Waals surface area contributed by atoms with Crippen LogP contribution in [0.25, 0.3) is 0 Å². The van der Waals surface area contributed by atoms with E-state index in [1.165, 1.54) is 24.2 Å². The average molecular weight is 316 g/mol. The lowest BCUT2D eigenvalue weighted by molar-refractivity contribution is 0.520. The number of rotatable bonds is 7. The minimum absolute atomic E-state index is 0.445. The van der Waals surface area contributed by atoms with Crippen molar-refractivity contribution in [1.82, 2.24) is 10.0 Å². The molecule has 1 aliphatic carbocycles. The summed E-state index contributed by atoms with van der Waals surface area (Å²) in [4.78, 5) is 1.10. The molecule has 4 nitrogen and oxygen atoms in total. The van der Waals surface area contributed by atoms with Crippen LogP contribution < -0.4 is 10.0 Å². The van der Waals surface area contributed by atoms with E-state index < -0.39 is 10.0 Å². The normalized spacial score (nSPS) is 16.9. The minimum Gasteiger partial charge on any atom is -0.312 e. The summed E-state index contributed by atoms with van der Waals surface area (Å²) in [6.07, 6.45) is 4.77. The lowest BCUT2D eigenvalue weighted by Gasteiger charge is -2.09. The Hall–Kier alpha value is -0.430. The van der Waals surface area contributed by atoms with Gasteiger partial charge in [0.1, 0.15) is 4.21 Å². The van der Waals surface area contributed by atoms with Crippen LogP contribution in [0.15, 0.2) is 10.3 Å². The number of sulfonamides is 1. The molecule has 0 amide bonds. The summed E-state index contributed by atoms with van der Waals surface area (Å²) in [5.41, 5.74) is 1.05. The van der Waals surface area contributed by atoms with E-state index in [0.29, 0.717) is 16.7 Å². The van der Waals surface area contributed by atoms with Gasteiger partial charge in [0.2, 0.25) is 10.0 Å². The highest BCUT2D eigenvalue weighted by molar-refractivity contribution is 7.91. The van der Waals surface area contributed by atoms with Gasteiger partial charge in [0.05, 0.1) is 0 Å². The maximum atomic E-state index is 12.3. The van der Waals surface area contributed by atoms with Crippen LogP contribution in [0.2, 0.25) is 0 Å². The number of nitrogens with one attached hydrogen (secondary N) is 2. The van der Waals surface area contributed by atoms with Crippen LogP contribution in [0.1, 0.15) is 43.0 Å². The van der Waals surface area contributed by atoms with Crippen LogP contribution in [0.5, 0.6) is 0 Å². The fraction of sp³-hybridized carbons (Fsp3) is 0.714. The topological polar surface area (TPSA) is 58.2 Å². The third-order valence-corrected chi connectivity index (χ3v) is 6.97. The third kappa shape index (κ3) is 4.04. The van der Waals surface area contributed by atoms with E-state index in [1.807, 2.05) is 13.8 Å². The van der Waals surface area contributed by atoms with E-state index in [2.05, 4.69) is 10.0 Å². The van der Waals surface area contributed by atoms with Crippen molar-refractivity contribution in [3.05, 3.63) is 16.5 Å². The van der Waals surface area contributed by atoms with Crippen molar-refractivity contribution in [3.63, 3.8) is 0 Å². The molecule has 6 heteroatoms. The van der Waals surface area contributed by atoms with Crippen LogP contribution in [-0.2, 0) is 16.6 Å². The molecule has 0 bridgehead atoms. The van der Waals surface area contributed by atoms with Gasteiger partial charge >= 0.3 is 0 Å².